The minimum atomic E-state index is 0.372. The van der Waals surface area contributed by atoms with Gasteiger partial charge < -0.3 is 0 Å². The molecule has 0 atom stereocenters. The number of allylic oxidation sites excluding steroid dienone is 2. The maximum absolute atomic E-state index is 8.87. The molecule has 1 aromatic rings. The Balaban J connectivity index is 3.00. The van der Waals surface area contributed by atoms with Crippen LogP contribution in [0.4, 0.5) is 0 Å². The number of rotatable bonds is 2. The smallest absolute Gasteiger partial charge is 0.101 e. The molecule has 0 saturated heterocycles. The van der Waals surface area contributed by atoms with Crippen LogP contribution in [0.25, 0.3) is 5.57 Å². The van der Waals surface area contributed by atoms with Gasteiger partial charge in [0.1, 0.15) is 6.07 Å². The van der Waals surface area contributed by atoms with Crippen LogP contribution in [0, 0.1) is 17.2 Å². The van der Waals surface area contributed by atoms with E-state index >= 15 is 0 Å². The minimum absolute atomic E-state index is 0.372. The molecule has 0 aliphatic carbocycles. The maximum Gasteiger partial charge on any atom is 0.101 e. The summed E-state index contributed by atoms with van der Waals surface area (Å²) in [5.74, 6) is 0.372. The lowest BCUT2D eigenvalue weighted by molar-refractivity contribution is 0.834. The Bertz CT molecular complexity index is 331. The molecule has 0 N–H and O–H groups in total. The second-order valence-electron chi connectivity index (χ2n) is 3.15. The molecule has 0 saturated carbocycles. The topological polar surface area (TPSA) is 36.7 Å². The number of aromatic nitrogens is 1. The van der Waals surface area contributed by atoms with Gasteiger partial charge >= 0.3 is 0 Å². The Hall–Kier alpha value is -1.62. The van der Waals surface area contributed by atoms with E-state index in [1.54, 1.807) is 6.20 Å². The zero-order chi connectivity index (χ0) is 9.68. The van der Waals surface area contributed by atoms with Crippen molar-refractivity contribution >= 4 is 5.57 Å². The molecule has 0 aliphatic rings. The first-order valence-electron chi connectivity index (χ1n) is 4.27. The number of hydrogen-bond donors (Lipinski definition) is 0. The third kappa shape index (κ3) is 2.72. The molecule has 0 unspecified atom stereocenters. The highest BCUT2D eigenvalue weighted by molar-refractivity contribution is 5.74. The van der Waals surface area contributed by atoms with Gasteiger partial charge in [0, 0.05) is 6.20 Å². The van der Waals surface area contributed by atoms with Gasteiger partial charge in [-0.2, -0.15) is 5.26 Å². The predicted molar refractivity (Wildman–Crippen MR) is 52.7 cm³/mol. The first-order chi connectivity index (χ1) is 6.24. The van der Waals surface area contributed by atoms with E-state index in [0.717, 1.165) is 5.69 Å². The molecule has 2 nitrogen and oxygen atoms in total. The fourth-order valence-electron chi connectivity index (χ4n) is 1.04. The van der Waals surface area contributed by atoms with Gasteiger partial charge in [-0.3, -0.25) is 4.98 Å². The molecule has 2 heteroatoms. The van der Waals surface area contributed by atoms with E-state index in [9.17, 15) is 0 Å². The van der Waals surface area contributed by atoms with Crippen molar-refractivity contribution in [1.29, 1.82) is 5.26 Å². The van der Waals surface area contributed by atoms with Crippen LogP contribution in [0.3, 0.4) is 0 Å². The molecule has 0 aliphatic heterocycles. The van der Waals surface area contributed by atoms with Crippen LogP contribution < -0.4 is 0 Å². The Morgan fingerprint density at radius 1 is 1.54 bits per heavy atom. The zero-order valence-corrected chi connectivity index (χ0v) is 7.86. The second kappa shape index (κ2) is 4.42. The fourth-order valence-corrected chi connectivity index (χ4v) is 1.04. The van der Waals surface area contributed by atoms with E-state index in [4.69, 9.17) is 5.26 Å². The van der Waals surface area contributed by atoms with Gasteiger partial charge in [-0.25, -0.2) is 0 Å². The lowest BCUT2D eigenvalue weighted by atomic mass is 10.1. The van der Waals surface area contributed by atoms with E-state index in [-0.39, 0.29) is 0 Å². The SMILES string of the molecule is CC(C)/C=C(\C#N)c1ccccn1. The fraction of sp³-hybridized carbons (Fsp3) is 0.273. The summed E-state index contributed by atoms with van der Waals surface area (Å²) >= 11 is 0. The van der Waals surface area contributed by atoms with Crippen LogP contribution >= 0.6 is 0 Å². The van der Waals surface area contributed by atoms with Gasteiger partial charge in [-0.05, 0) is 18.1 Å². The number of hydrogen-bond acceptors (Lipinski definition) is 2. The summed E-state index contributed by atoms with van der Waals surface area (Å²) in [6.45, 7) is 4.08. The quantitative estimate of drug-likeness (QED) is 0.643. The molecular weight excluding hydrogens is 160 g/mol. The lowest BCUT2D eigenvalue weighted by Crippen LogP contribution is -1.88. The Kier molecular flexibility index (Phi) is 3.22. The highest BCUT2D eigenvalue weighted by Crippen LogP contribution is 2.12. The largest absolute Gasteiger partial charge is 0.256 e. The van der Waals surface area contributed by atoms with E-state index in [2.05, 4.69) is 11.1 Å². The first kappa shape index (κ1) is 9.47. The van der Waals surface area contributed by atoms with E-state index < -0.39 is 0 Å². The van der Waals surface area contributed by atoms with Crippen molar-refractivity contribution in [2.45, 2.75) is 13.8 Å². The average molecular weight is 172 g/mol. The number of nitriles is 1. The number of nitrogens with zero attached hydrogens (tertiary/aromatic N) is 2. The molecule has 0 aromatic carbocycles. The van der Waals surface area contributed by atoms with Crippen LogP contribution in [0.2, 0.25) is 0 Å². The highest BCUT2D eigenvalue weighted by Gasteiger charge is 2.01. The summed E-state index contributed by atoms with van der Waals surface area (Å²) in [6, 6.07) is 7.72. The molecule has 13 heavy (non-hydrogen) atoms. The standard InChI is InChI=1S/C11H12N2/c1-9(2)7-10(8-12)11-5-3-4-6-13-11/h3-7,9H,1-2H3/b10-7+. The van der Waals surface area contributed by atoms with Gasteiger partial charge in [0.2, 0.25) is 0 Å². The Morgan fingerprint density at radius 2 is 2.31 bits per heavy atom. The van der Waals surface area contributed by atoms with E-state index in [1.807, 2.05) is 38.1 Å². The van der Waals surface area contributed by atoms with E-state index in [0.29, 0.717) is 11.5 Å². The minimum Gasteiger partial charge on any atom is -0.256 e. The Morgan fingerprint density at radius 3 is 2.77 bits per heavy atom. The molecule has 1 rings (SSSR count). The number of pyridine rings is 1. The molecular formula is C11H12N2. The van der Waals surface area contributed by atoms with Crippen LogP contribution in [-0.4, -0.2) is 4.98 Å². The van der Waals surface area contributed by atoms with E-state index in [1.165, 1.54) is 0 Å². The Labute approximate surface area is 78.5 Å². The summed E-state index contributed by atoms with van der Waals surface area (Å²) < 4.78 is 0. The van der Waals surface area contributed by atoms with Crippen molar-refractivity contribution in [1.82, 2.24) is 4.98 Å². The summed E-state index contributed by atoms with van der Waals surface area (Å²) in [7, 11) is 0. The van der Waals surface area contributed by atoms with Gasteiger partial charge in [-0.1, -0.05) is 26.0 Å². The summed E-state index contributed by atoms with van der Waals surface area (Å²) in [5.41, 5.74) is 1.40. The van der Waals surface area contributed by atoms with Crippen molar-refractivity contribution in [3.05, 3.63) is 36.2 Å². The predicted octanol–water partition coefficient (Wildman–Crippen LogP) is 2.64. The van der Waals surface area contributed by atoms with Gasteiger partial charge in [0.05, 0.1) is 11.3 Å². The van der Waals surface area contributed by atoms with Crippen LogP contribution in [0.1, 0.15) is 19.5 Å². The molecule has 0 radical (unpaired) electrons. The summed E-state index contributed by atoms with van der Waals surface area (Å²) in [5, 5.41) is 8.87. The van der Waals surface area contributed by atoms with Gasteiger partial charge in [0.15, 0.2) is 0 Å². The normalized spacial score (nSPS) is 11.4. The molecule has 0 bridgehead atoms. The highest BCUT2D eigenvalue weighted by atomic mass is 14.7. The van der Waals surface area contributed by atoms with Crippen molar-refractivity contribution in [3.63, 3.8) is 0 Å². The summed E-state index contributed by atoms with van der Waals surface area (Å²) in [6.07, 6.45) is 3.61. The molecule has 0 amide bonds. The maximum atomic E-state index is 8.87. The molecule has 66 valence electrons. The van der Waals surface area contributed by atoms with Crippen LogP contribution in [0.15, 0.2) is 30.5 Å². The molecule has 1 heterocycles. The van der Waals surface area contributed by atoms with Crippen LogP contribution in [-0.2, 0) is 0 Å². The van der Waals surface area contributed by atoms with Gasteiger partial charge in [0.25, 0.3) is 0 Å². The monoisotopic (exact) mass is 172 g/mol. The molecule has 0 spiro atoms. The third-order valence-electron chi connectivity index (χ3n) is 1.56. The van der Waals surface area contributed by atoms with Crippen molar-refractivity contribution in [2.75, 3.05) is 0 Å². The summed E-state index contributed by atoms with van der Waals surface area (Å²) in [4.78, 5) is 4.11. The molecule has 0 fully saturated rings. The molecule has 1 aromatic heterocycles. The van der Waals surface area contributed by atoms with Crippen molar-refractivity contribution in [2.24, 2.45) is 5.92 Å². The average Bonchev–Trinajstić information content (AvgIpc) is 2.15. The van der Waals surface area contributed by atoms with Crippen LogP contribution in [0.5, 0.6) is 0 Å². The second-order valence-corrected chi connectivity index (χ2v) is 3.15. The zero-order valence-electron chi connectivity index (χ0n) is 7.86. The van der Waals surface area contributed by atoms with Gasteiger partial charge in [-0.15, -0.1) is 0 Å². The third-order valence-corrected chi connectivity index (χ3v) is 1.56. The lowest BCUT2D eigenvalue weighted by Gasteiger charge is -1.99. The van der Waals surface area contributed by atoms with Crippen molar-refractivity contribution < 1.29 is 0 Å². The van der Waals surface area contributed by atoms with Crippen molar-refractivity contribution in [3.8, 4) is 6.07 Å². The first-order valence-corrected chi connectivity index (χ1v) is 4.27.